The van der Waals surface area contributed by atoms with Crippen LogP contribution in [-0.2, 0) is 0 Å². The van der Waals surface area contributed by atoms with Gasteiger partial charge in [0.1, 0.15) is 0 Å². The monoisotopic (exact) mass is 354 g/mol. The Kier molecular flexibility index (Phi) is 5.66. The van der Waals surface area contributed by atoms with Gasteiger partial charge in [0.15, 0.2) is 11.5 Å². The number of nitrogens with zero attached hydrogens (tertiary/aromatic N) is 1. The fourth-order valence-electron chi connectivity index (χ4n) is 3.26. The second kappa shape index (κ2) is 8.13. The fourth-order valence-corrected chi connectivity index (χ4v) is 3.26. The van der Waals surface area contributed by atoms with Crippen molar-refractivity contribution in [3.63, 3.8) is 0 Å². The predicted molar refractivity (Wildman–Crippen MR) is 103 cm³/mol. The number of piperidine rings is 1. The van der Waals surface area contributed by atoms with Gasteiger partial charge in [0.2, 0.25) is 0 Å². The summed E-state index contributed by atoms with van der Waals surface area (Å²) in [4.78, 5) is 14.7. The van der Waals surface area contributed by atoms with E-state index in [2.05, 4.69) is 36.5 Å². The van der Waals surface area contributed by atoms with Crippen molar-refractivity contribution in [2.45, 2.75) is 25.8 Å². The second-order valence-electron chi connectivity index (χ2n) is 6.65. The molecule has 0 spiro atoms. The first-order chi connectivity index (χ1) is 12.6. The number of amides is 1. The van der Waals surface area contributed by atoms with Gasteiger partial charge < -0.3 is 19.7 Å². The van der Waals surface area contributed by atoms with Crippen LogP contribution in [-0.4, -0.2) is 44.2 Å². The van der Waals surface area contributed by atoms with Crippen LogP contribution >= 0.6 is 0 Å². The molecule has 5 heteroatoms. The molecular weight excluding hydrogens is 328 g/mol. The highest BCUT2D eigenvalue weighted by Crippen LogP contribution is 2.28. The number of rotatable bonds is 5. The zero-order valence-electron chi connectivity index (χ0n) is 15.6. The Balaban J connectivity index is 1.59. The second-order valence-corrected chi connectivity index (χ2v) is 6.65. The number of methoxy groups -OCH3 is 2. The maximum absolute atomic E-state index is 12.8. The third-order valence-corrected chi connectivity index (χ3v) is 4.84. The van der Waals surface area contributed by atoms with Crippen LogP contribution in [0.25, 0.3) is 0 Å². The van der Waals surface area contributed by atoms with E-state index >= 15 is 0 Å². The number of ether oxygens (including phenoxy) is 2. The number of likely N-dealkylation sites (tertiary alicyclic amines) is 1. The molecule has 0 saturated carbocycles. The van der Waals surface area contributed by atoms with Crippen molar-refractivity contribution in [3.8, 4) is 11.5 Å². The maximum atomic E-state index is 12.8. The SMILES string of the molecule is COc1ccc(C(=O)N2CCC(Nc3ccc(C)cc3)CC2)cc1OC. The third-order valence-electron chi connectivity index (χ3n) is 4.84. The molecule has 5 nitrogen and oxygen atoms in total. The molecule has 1 N–H and O–H groups in total. The van der Waals surface area contributed by atoms with Gasteiger partial charge in [0.25, 0.3) is 5.91 Å². The predicted octanol–water partition coefficient (Wildman–Crippen LogP) is 3.73. The van der Waals surface area contributed by atoms with Crippen LogP contribution in [0.2, 0.25) is 0 Å². The largest absolute Gasteiger partial charge is 0.493 e. The first-order valence-corrected chi connectivity index (χ1v) is 8.95. The molecule has 0 aromatic heterocycles. The molecule has 1 fully saturated rings. The van der Waals surface area contributed by atoms with Crippen molar-refractivity contribution >= 4 is 11.6 Å². The van der Waals surface area contributed by atoms with Crippen molar-refractivity contribution in [1.29, 1.82) is 0 Å². The standard InChI is InChI=1S/C21H26N2O3/c1-15-4-7-17(8-5-15)22-18-10-12-23(13-11-18)21(24)16-6-9-19(25-2)20(14-16)26-3/h4-9,14,18,22H,10-13H2,1-3H3. The molecule has 0 bridgehead atoms. The van der Waals surface area contributed by atoms with Crippen LogP contribution in [0.4, 0.5) is 5.69 Å². The molecular formula is C21H26N2O3. The molecule has 0 radical (unpaired) electrons. The Morgan fingerprint density at radius 1 is 1.00 bits per heavy atom. The summed E-state index contributed by atoms with van der Waals surface area (Å²) in [7, 11) is 3.17. The van der Waals surface area contributed by atoms with E-state index < -0.39 is 0 Å². The van der Waals surface area contributed by atoms with Gasteiger partial charge in [-0.05, 0) is 50.1 Å². The summed E-state index contributed by atoms with van der Waals surface area (Å²) in [5.74, 6) is 1.25. The van der Waals surface area contributed by atoms with Crippen molar-refractivity contribution < 1.29 is 14.3 Å². The lowest BCUT2D eigenvalue weighted by Crippen LogP contribution is -2.42. The summed E-state index contributed by atoms with van der Waals surface area (Å²) in [5.41, 5.74) is 3.03. The van der Waals surface area contributed by atoms with Gasteiger partial charge in [-0.3, -0.25) is 4.79 Å². The molecule has 1 aliphatic rings. The number of carbonyl (C=O) groups excluding carboxylic acids is 1. The molecule has 0 aliphatic carbocycles. The minimum Gasteiger partial charge on any atom is -0.493 e. The van der Waals surface area contributed by atoms with Crippen LogP contribution < -0.4 is 14.8 Å². The van der Waals surface area contributed by atoms with E-state index in [1.54, 1.807) is 32.4 Å². The Bertz CT molecular complexity index is 750. The highest BCUT2D eigenvalue weighted by molar-refractivity contribution is 5.95. The van der Waals surface area contributed by atoms with Gasteiger partial charge >= 0.3 is 0 Å². The summed E-state index contributed by atoms with van der Waals surface area (Å²) in [6.07, 6.45) is 1.87. The summed E-state index contributed by atoms with van der Waals surface area (Å²) in [6, 6.07) is 14.1. The Hall–Kier alpha value is -2.69. The highest BCUT2D eigenvalue weighted by atomic mass is 16.5. The molecule has 26 heavy (non-hydrogen) atoms. The average Bonchev–Trinajstić information content (AvgIpc) is 2.69. The van der Waals surface area contributed by atoms with Crippen molar-refractivity contribution in [1.82, 2.24) is 4.90 Å². The number of benzene rings is 2. The van der Waals surface area contributed by atoms with E-state index in [4.69, 9.17) is 9.47 Å². The quantitative estimate of drug-likeness (QED) is 0.889. The molecule has 2 aromatic carbocycles. The van der Waals surface area contributed by atoms with Crippen LogP contribution in [0.5, 0.6) is 11.5 Å². The van der Waals surface area contributed by atoms with Crippen LogP contribution in [0.1, 0.15) is 28.8 Å². The normalized spacial score (nSPS) is 14.8. The Morgan fingerprint density at radius 2 is 1.65 bits per heavy atom. The average molecular weight is 354 g/mol. The molecule has 1 aliphatic heterocycles. The van der Waals surface area contributed by atoms with Gasteiger partial charge in [0.05, 0.1) is 14.2 Å². The first kappa shape index (κ1) is 18.1. The number of hydrogen-bond acceptors (Lipinski definition) is 4. The minimum absolute atomic E-state index is 0.0414. The van der Waals surface area contributed by atoms with Gasteiger partial charge in [-0.15, -0.1) is 0 Å². The summed E-state index contributed by atoms with van der Waals surface area (Å²) in [6.45, 7) is 3.58. The van der Waals surface area contributed by atoms with Gasteiger partial charge in [-0.25, -0.2) is 0 Å². The Labute approximate surface area is 154 Å². The van der Waals surface area contributed by atoms with Gasteiger partial charge in [-0.2, -0.15) is 0 Å². The van der Waals surface area contributed by atoms with E-state index in [0.717, 1.165) is 31.6 Å². The summed E-state index contributed by atoms with van der Waals surface area (Å²) < 4.78 is 10.5. The van der Waals surface area contributed by atoms with E-state index in [9.17, 15) is 4.79 Å². The number of hydrogen-bond donors (Lipinski definition) is 1. The van der Waals surface area contributed by atoms with Crippen molar-refractivity contribution in [2.24, 2.45) is 0 Å². The molecule has 1 amide bonds. The maximum Gasteiger partial charge on any atom is 0.253 e. The van der Waals surface area contributed by atoms with Gasteiger partial charge in [0, 0.05) is 30.4 Å². The fraction of sp³-hybridized carbons (Fsp3) is 0.381. The van der Waals surface area contributed by atoms with Gasteiger partial charge in [-0.1, -0.05) is 17.7 Å². The molecule has 3 rings (SSSR count). The summed E-state index contributed by atoms with van der Waals surface area (Å²) in [5, 5.41) is 3.57. The molecule has 2 aromatic rings. The zero-order chi connectivity index (χ0) is 18.5. The first-order valence-electron chi connectivity index (χ1n) is 8.95. The lowest BCUT2D eigenvalue weighted by molar-refractivity contribution is 0.0718. The third kappa shape index (κ3) is 4.10. The summed E-state index contributed by atoms with van der Waals surface area (Å²) >= 11 is 0. The lowest BCUT2D eigenvalue weighted by atomic mass is 10.0. The van der Waals surface area contributed by atoms with Crippen LogP contribution in [0.3, 0.4) is 0 Å². The number of nitrogens with one attached hydrogen (secondary N) is 1. The molecule has 0 atom stereocenters. The van der Waals surface area contributed by atoms with Crippen LogP contribution in [0, 0.1) is 6.92 Å². The van der Waals surface area contributed by atoms with E-state index in [-0.39, 0.29) is 5.91 Å². The smallest absolute Gasteiger partial charge is 0.253 e. The molecule has 138 valence electrons. The Morgan fingerprint density at radius 3 is 2.27 bits per heavy atom. The topological polar surface area (TPSA) is 50.8 Å². The molecule has 0 unspecified atom stereocenters. The van der Waals surface area contributed by atoms with E-state index in [0.29, 0.717) is 23.1 Å². The van der Waals surface area contributed by atoms with Crippen molar-refractivity contribution in [2.75, 3.05) is 32.6 Å². The molecule has 1 heterocycles. The lowest BCUT2D eigenvalue weighted by Gasteiger charge is -2.33. The van der Waals surface area contributed by atoms with E-state index in [1.165, 1.54) is 5.56 Å². The number of aryl methyl sites for hydroxylation is 1. The number of carbonyl (C=O) groups is 1. The zero-order valence-corrected chi connectivity index (χ0v) is 15.6. The molecule has 1 saturated heterocycles. The van der Waals surface area contributed by atoms with Crippen molar-refractivity contribution in [3.05, 3.63) is 53.6 Å². The highest BCUT2D eigenvalue weighted by Gasteiger charge is 2.24. The van der Waals surface area contributed by atoms with E-state index in [1.807, 2.05) is 4.90 Å². The number of anilines is 1. The minimum atomic E-state index is 0.0414. The van der Waals surface area contributed by atoms with Crippen LogP contribution in [0.15, 0.2) is 42.5 Å².